The van der Waals surface area contributed by atoms with Gasteiger partial charge in [-0.1, -0.05) is 13.8 Å². The first-order valence-electron chi connectivity index (χ1n) is 8.10. The van der Waals surface area contributed by atoms with Gasteiger partial charge in [0.2, 0.25) is 0 Å². The maximum absolute atomic E-state index is 4.74. The molecule has 0 aromatic carbocycles. The first-order chi connectivity index (χ1) is 10.6. The second kappa shape index (κ2) is 5.33. The first kappa shape index (κ1) is 14.2. The summed E-state index contributed by atoms with van der Waals surface area (Å²) in [5.41, 5.74) is 1.04. The van der Waals surface area contributed by atoms with E-state index in [0.29, 0.717) is 17.9 Å². The highest BCUT2D eigenvalue weighted by Gasteiger charge is 2.31. The minimum Gasteiger partial charge on any atom is -0.302 e. The van der Waals surface area contributed by atoms with Gasteiger partial charge in [0.05, 0.1) is 0 Å². The highest BCUT2D eigenvalue weighted by Crippen LogP contribution is 2.42. The van der Waals surface area contributed by atoms with E-state index in [1.807, 2.05) is 6.92 Å². The number of nitrogens with zero attached hydrogens (tertiary/aromatic N) is 5. The van der Waals surface area contributed by atoms with E-state index in [1.165, 1.54) is 25.7 Å². The Morgan fingerprint density at radius 3 is 2.55 bits per heavy atom. The van der Waals surface area contributed by atoms with Crippen LogP contribution in [0.4, 0.5) is 0 Å². The van der Waals surface area contributed by atoms with Crippen LogP contribution in [0.15, 0.2) is 16.2 Å². The SMILES string of the molecule is Cc1cc(Sc2nnc(C(C)C)n2C2CC2)nc(C2CC2)n1. The predicted molar refractivity (Wildman–Crippen MR) is 85.2 cm³/mol. The van der Waals surface area contributed by atoms with Gasteiger partial charge in [-0.05, 0) is 50.4 Å². The van der Waals surface area contributed by atoms with Crippen LogP contribution in [0.5, 0.6) is 0 Å². The molecule has 2 heterocycles. The van der Waals surface area contributed by atoms with E-state index in [2.05, 4.69) is 39.7 Å². The Morgan fingerprint density at radius 2 is 1.91 bits per heavy atom. The fraction of sp³-hybridized carbons (Fsp3) is 0.625. The van der Waals surface area contributed by atoms with E-state index < -0.39 is 0 Å². The summed E-state index contributed by atoms with van der Waals surface area (Å²) >= 11 is 1.63. The standard InChI is InChI=1S/C16H21N5S/c1-9(2)15-19-20-16(21(15)12-6-7-12)22-13-8-10(3)17-14(18-13)11-4-5-11/h8-9,11-12H,4-7H2,1-3H3. The van der Waals surface area contributed by atoms with Gasteiger partial charge in [-0.15, -0.1) is 10.2 Å². The smallest absolute Gasteiger partial charge is 0.197 e. The van der Waals surface area contributed by atoms with Crippen molar-refractivity contribution in [2.45, 2.75) is 74.5 Å². The van der Waals surface area contributed by atoms with Crippen molar-refractivity contribution in [3.63, 3.8) is 0 Å². The van der Waals surface area contributed by atoms with Gasteiger partial charge in [0.25, 0.3) is 0 Å². The molecule has 6 heteroatoms. The molecule has 0 saturated heterocycles. The zero-order valence-electron chi connectivity index (χ0n) is 13.3. The molecule has 2 fully saturated rings. The van der Waals surface area contributed by atoms with Crippen LogP contribution in [0.1, 0.15) is 74.8 Å². The Hall–Kier alpha value is -1.43. The van der Waals surface area contributed by atoms with Crippen molar-refractivity contribution in [1.29, 1.82) is 0 Å². The molecule has 4 rings (SSSR count). The molecule has 0 atom stereocenters. The topological polar surface area (TPSA) is 56.5 Å². The van der Waals surface area contributed by atoms with Gasteiger partial charge in [0, 0.05) is 23.6 Å². The van der Waals surface area contributed by atoms with Gasteiger partial charge < -0.3 is 4.57 Å². The lowest BCUT2D eigenvalue weighted by Crippen LogP contribution is -2.05. The monoisotopic (exact) mass is 315 g/mol. The second-order valence-corrected chi connectivity index (χ2v) is 7.67. The Labute approximate surface area is 135 Å². The van der Waals surface area contributed by atoms with Crippen molar-refractivity contribution in [3.05, 3.63) is 23.4 Å². The average molecular weight is 315 g/mol. The van der Waals surface area contributed by atoms with Gasteiger partial charge in [-0.2, -0.15) is 0 Å². The van der Waals surface area contributed by atoms with Gasteiger partial charge in [0.15, 0.2) is 5.16 Å². The molecule has 2 aromatic heterocycles. The lowest BCUT2D eigenvalue weighted by molar-refractivity contribution is 0.599. The fourth-order valence-corrected chi connectivity index (χ4v) is 3.64. The molecular formula is C16H21N5S. The number of rotatable bonds is 5. The molecule has 116 valence electrons. The van der Waals surface area contributed by atoms with Gasteiger partial charge in [-0.25, -0.2) is 9.97 Å². The van der Waals surface area contributed by atoms with Crippen molar-refractivity contribution in [2.24, 2.45) is 0 Å². The Kier molecular flexibility index (Phi) is 3.44. The molecule has 22 heavy (non-hydrogen) atoms. The summed E-state index contributed by atoms with van der Waals surface area (Å²) in [6, 6.07) is 2.64. The number of aryl methyl sites for hydroxylation is 1. The van der Waals surface area contributed by atoms with Crippen LogP contribution in [0, 0.1) is 6.92 Å². The van der Waals surface area contributed by atoms with Crippen molar-refractivity contribution in [2.75, 3.05) is 0 Å². The van der Waals surface area contributed by atoms with E-state index >= 15 is 0 Å². The van der Waals surface area contributed by atoms with Crippen molar-refractivity contribution in [1.82, 2.24) is 24.7 Å². The molecule has 0 aliphatic heterocycles. The molecule has 0 unspecified atom stereocenters. The van der Waals surface area contributed by atoms with Gasteiger partial charge >= 0.3 is 0 Å². The molecule has 0 amide bonds. The maximum atomic E-state index is 4.74. The van der Waals surface area contributed by atoms with E-state index in [-0.39, 0.29) is 0 Å². The van der Waals surface area contributed by atoms with Crippen LogP contribution >= 0.6 is 11.8 Å². The molecule has 2 saturated carbocycles. The van der Waals surface area contributed by atoms with E-state index in [9.17, 15) is 0 Å². The summed E-state index contributed by atoms with van der Waals surface area (Å²) in [7, 11) is 0. The van der Waals surface area contributed by atoms with E-state index in [0.717, 1.165) is 27.5 Å². The summed E-state index contributed by atoms with van der Waals surface area (Å²) in [5.74, 6) is 3.07. The maximum Gasteiger partial charge on any atom is 0.197 e. The van der Waals surface area contributed by atoms with Crippen LogP contribution in [0.2, 0.25) is 0 Å². The lowest BCUT2D eigenvalue weighted by atomic mass is 10.2. The van der Waals surface area contributed by atoms with Crippen LogP contribution < -0.4 is 0 Å². The van der Waals surface area contributed by atoms with Crippen molar-refractivity contribution < 1.29 is 0 Å². The minimum absolute atomic E-state index is 0.400. The summed E-state index contributed by atoms with van der Waals surface area (Å²) in [4.78, 5) is 9.31. The minimum atomic E-state index is 0.400. The normalized spacial score (nSPS) is 18.2. The quantitative estimate of drug-likeness (QED) is 0.784. The van der Waals surface area contributed by atoms with E-state index in [4.69, 9.17) is 4.98 Å². The van der Waals surface area contributed by atoms with Crippen LogP contribution in [0.25, 0.3) is 0 Å². The zero-order chi connectivity index (χ0) is 15.3. The molecule has 0 radical (unpaired) electrons. The third-order valence-corrected chi connectivity index (χ3v) is 4.98. The molecule has 2 aliphatic carbocycles. The average Bonchev–Trinajstić information content (AvgIpc) is 3.36. The number of hydrogen-bond acceptors (Lipinski definition) is 5. The fourth-order valence-electron chi connectivity index (χ4n) is 2.66. The molecule has 0 spiro atoms. The summed E-state index contributed by atoms with van der Waals surface area (Å²) in [6.07, 6.45) is 4.93. The van der Waals surface area contributed by atoms with E-state index in [1.54, 1.807) is 11.8 Å². The summed E-state index contributed by atoms with van der Waals surface area (Å²) < 4.78 is 2.32. The van der Waals surface area contributed by atoms with Crippen molar-refractivity contribution >= 4 is 11.8 Å². The van der Waals surface area contributed by atoms with Crippen LogP contribution in [0.3, 0.4) is 0 Å². The predicted octanol–water partition coefficient (Wildman–Crippen LogP) is 3.86. The van der Waals surface area contributed by atoms with Gasteiger partial charge in [-0.3, -0.25) is 0 Å². The molecule has 2 aliphatic rings. The summed E-state index contributed by atoms with van der Waals surface area (Å²) in [5, 5.41) is 10.8. The van der Waals surface area contributed by atoms with Crippen LogP contribution in [-0.4, -0.2) is 24.7 Å². The first-order valence-corrected chi connectivity index (χ1v) is 8.91. The van der Waals surface area contributed by atoms with Crippen LogP contribution in [-0.2, 0) is 0 Å². The Morgan fingerprint density at radius 1 is 1.14 bits per heavy atom. The molecule has 0 N–H and O–H groups in total. The highest BCUT2D eigenvalue weighted by atomic mass is 32.2. The molecule has 0 bridgehead atoms. The third-order valence-electron chi connectivity index (χ3n) is 4.11. The largest absolute Gasteiger partial charge is 0.302 e. The lowest BCUT2D eigenvalue weighted by Gasteiger charge is -2.10. The third kappa shape index (κ3) is 2.76. The Bertz CT molecular complexity index is 701. The molecular weight excluding hydrogens is 294 g/mol. The zero-order valence-corrected chi connectivity index (χ0v) is 14.1. The van der Waals surface area contributed by atoms with Crippen molar-refractivity contribution in [3.8, 4) is 0 Å². The highest BCUT2D eigenvalue weighted by molar-refractivity contribution is 7.99. The second-order valence-electron chi connectivity index (χ2n) is 6.68. The summed E-state index contributed by atoms with van der Waals surface area (Å²) in [6.45, 7) is 6.40. The number of aromatic nitrogens is 5. The number of hydrogen-bond donors (Lipinski definition) is 0. The molecule has 2 aromatic rings. The van der Waals surface area contributed by atoms with Gasteiger partial charge in [0.1, 0.15) is 16.7 Å². The molecule has 5 nitrogen and oxygen atoms in total. The Balaban J connectivity index is 1.66.